The number of aliphatic hydroxyl groups is 1. The van der Waals surface area contributed by atoms with Crippen molar-refractivity contribution in [3.05, 3.63) is 89.8 Å². The largest absolute Gasteiger partial charge is 0.507 e. The van der Waals surface area contributed by atoms with E-state index in [0.29, 0.717) is 28.4 Å². The Morgan fingerprint density at radius 2 is 1.70 bits per heavy atom. The number of amides is 1. The molecule has 0 aliphatic carbocycles. The van der Waals surface area contributed by atoms with E-state index in [1.807, 2.05) is 13.8 Å². The van der Waals surface area contributed by atoms with Gasteiger partial charge in [0, 0.05) is 11.8 Å². The summed E-state index contributed by atoms with van der Waals surface area (Å²) in [5, 5.41) is 11.2. The quantitative estimate of drug-likeness (QED) is 0.342. The number of carbonyl (C=O) groups excluding carboxylic acids is 2. The number of Topliss-reactive ketones (excluding diaryl/α,β-unsaturated/α-hetero) is 1. The molecule has 168 valence electrons. The highest BCUT2D eigenvalue weighted by atomic mass is 16.5. The number of ether oxygens (including phenoxy) is 2. The highest BCUT2D eigenvalue weighted by molar-refractivity contribution is 6.51. The molecular formula is C26H24N2O5. The van der Waals surface area contributed by atoms with Crippen molar-refractivity contribution < 1.29 is 24.2 Å². The summed E-state index contributed by atoms with van der Waals surface area (Å²) in [6, 6.07) is 17.9. The molecule has 2 heterocycles. The van der Waals surface area contributed by atoms with Gasteiger partial charge in [-0.25, -0.2) is 0 Å². The van der Waals surface area contributed by atoms with Crippen LogP contribution in [0.1, 0.15) is 31.1 Å². The van der Waals surface area contributed by atoms with Gasteiger partial charge in [0.15, 0.2) is 0 Å². The Kier molecular flexibility index (Phi) is 6.13. The van der Waals surface area contributed by atoms with E-state index in [1.165, 1.54) is 12.0 Å². The molecule has 1 fully saturated rings. The second-order valence-corrected chi connectivity index (χ2v) is 7.79. The molecule has 0 bridgehead atoms. The van der Waals surface area contributed by atoms with Gasteiger partial charge in [0.25, 0.3) is 11.7 Å². The van der Waals surface area contributed by atoms with E-state index in [9.17, 15) is 14.7 Å². The Morgan fingerprint density at radius 3 is 2.33 bits per heavy atom. The lowest BCUT2D eigenvalue weighted by Gasteiger charge is -2.26. The lowest BCUT2D eigenvalue weighted by Crippen LogP contribution is -2.30. The molecule has 2 aromatic carbocycles. The number of carbonyl (C=O) groups is 2. The molecule has 7 nitrogen and oxygen atoms in total. The fourth-order valence-corrected chi connectivity index (χ4v) is 3.85. The van der Waals surface area contributed by atoms with Gasteiger partial charge in [0.2, 0.25) is 0 Å². The molecule has 0 radical (unpaired) electrons. The Hall–Kier alpha value is -4.13. The number of hydrogen-bond acceptors (Lipinski definition) is 6. The lowest BCUT2D eigenvalue weighted by atomic mass is 9.98. The Labute approximate surface area is 191 Å². The van der Waals surface area contributed by atoms with Gasteiger partial charge in [-0.15, -0.1) is 0 Å². The van der Waals surface area contributed by atoms with Gasteiger partial charge in [-0.1, -0.05) is 18.2 Å². The molecule has 1 unspecified atom stereocenters. The number of benzene rings is 2. The SMILES string of the molecule is COc1ccccc1N1C(=O)C(=O)/C(=C(\O)c2ccc(OC(C)C)cc2)C1c1ccccn1. The summed E-state index contributed by atoms with van der Waals surface area (Å²) in [7, 11) is 1.49. The van der Waals surface area contributed by atoms with Crippen LogP contribution in [0, 0.1) is 0 Å². The van der Waals surface area contributed by atoms with Crippen LogP contribution in [-0.2, 0) is 9.59 Å². The van der Waals surface area contributed by atoms with Crippen molar-refractivity contribution in [1.82, 2.24) is 4.98 Å². The van der Waals surface area contributed by atoms with Gasteiger partial charge in [-0.2, -0.15) is 0 Å². The van der Waals surface area contributed by atoms with Gasteiger partial charge in [-0.3, -0.25) is 19.5 Å². The highest BCUT2D eigenvalue weighted by Crippen LogP contribution is 2.44. The van der Waals surface area contributed by atoms with E-state index in [0.717, 1.165) is 0 Å². The van der Waals surface area contributed by atoms with E-state index in [1.54, 1.807) is 72.9 Å². The van der Waals surface area contributed by atoms with Gasteiger partial charge in [-0.05, 0) is 62.4 Å². The monoisotopic (exact) mass is 444 g/mol. The molecule has 0 spiro atoms. The number of anilines is 1. The number of ketones is 1. The average molecular weight is 444 g/mol. The molecule has 4 rings (SSSR count). The number of aromatic nitrogens is 1. The van der Waals surface area contributed by atoms with Gasteiger partial charge in [0.05, 0.1) is 30.2 Å². The third-order valence-corrected chi connectivity index (χ3v) is 5.26. The smallest absolute Gasteiger partial charge is 0.300 e. The average Bonchev–Trinajstić information content (AvgIpc) is 3.09. The second-order valence-electron chi connectivity index (χ2n) is 7.79. The van der Waals surface area contributed by atoms with E-state index in [4.69, 9.17) is 9.47 Å². The maximum absolute atomic E-state index is 13.2. The van der Waals surface area contributed by atoms with E-state index in [-0.39, 0.29) is 17.4 Å². The molecule has 1 saturated heterocycles. The molecule has 1 aliphatic rings. The summed E-state index contributed by atoms with van der Waals surface area (Å²) in [6.07, 6.45) is 1.58. The topological polar surface area (TPSA) is 89.0 Å². The number of hydrogen-bond donors (Lipinski definition) is 1. The Balaban J connectivity index is 1.87. The molecule has 1 atom stereocenters. The third kappa shape index (κ3) is 4.17. The zero-order valence-electron chi connectivity index (χ0n) is 18.6. The summed E-state index contributed by atoms with van der Waals surface area (Å²) in [4.78, 5) is 32.1. The van der Waals surface area contributed by atoms with Gasteiger partial charge < -0.3 is 14.6 Å². The van der Waals surface area contributed by atoms with Crippen LogP contribution < -0.4 is 14.4 Å². The minimum absolute atomic E-state index is 0.000204. The number of pyridine rings is 1. The van der Waals surface area contributed by atoms with E-state index in [2.05, 4.69) is 4.98 Å². The summed E-state index contributed by atoms with van der Waals surface area (Å²) < 4.78 is 11.1. The number of rotatable bonds is 6. The Bertz CT molecular complexity index is 1200. The first-order valence-electron chi connectivity index (χ1n) is 10.5. The van der Waals surface area contributed by atoms with Crippen molar-refractivity contribution in [2.75, 3.05) is 12.0 Å². The maximum Gasteiger partial charge on any atom is 0.300 e. The van der Waals surface area contributed by atoms with Crippen molar-refractivity contribution in [2.45, 2.75) is 26.0 Å². The van der Waals surface area contributed by atoms with Crippen LogP contribution in [0.15, 0.2) is 78.5 Å². The zero-order valence-corrected chi connectivity index (χ0v) is 18.6. The molecule has 1 aliphatic heterocycles. The fraction of sp³-hybridized carbons (Fsp3) is 0.192. The lowest BCUT2D eigenvalue weighted by molar-refractivity contribution is -0.132. The molecule has 1 aromatic heterocycles. The van der Waals surface area contributed by atoms with Crippen LogP contribution in [-0.4, -0.2) is 35.0 Å². The Morgan fingerprint density at radius 1 is 1.00 bits per heavy atom. The van der Waals surface area contributed by atoms with Crippen LogP contribution in [0.2, 0.25) is 0 Å². The summed E-state index contributed by atoms with van der Waals surface area (Å²) >= 11 is 0. The summed E-state index contributed by atoms with van der Waals surface area (Å²) in [5.74, 6) is -0.779. The van der Waals surface area contributed by atoms with Crippen LogP contribution >= 0.6 is 0 Å². The first-order valence-corrected chi connectivity index (χ1v) is 10.5. The fourth-order valence-electron chi connectivity index (χ4n) is 3.85. The standard InChI is InChI=1S/C26H24N2O5/c1-16(2)33-18-13-11-17(12-14-18)24(29)22-23(19-8-6-7-15-27-19)28(26(31)25(22)30)20-9-4-5-10-21(20)32-3/h4-16,23,29H,1-3H3/b24-22-. The van der Waals surface area contributed by atoms with Crippen LogP contribution in [0.25, 0.3) is 5.76 Å². The molecule has 1 amide bonds. The molecular weight excluding hydrogens is 420 g/mol. The zero-order chi connectivity index (χ0) is 23.5. The normalized spacial score (nSPS) is 17.5. The molecule has 0 saturated carbocycles. The van der Waals surface area contributed by atoms with Gasteiger partial charge in [0.1, 0.15) is 23.3 Å². The predicted molar refractivity (Wildman–Crippen MR) is 124 cm³/mol. The molecule has 33 heavy (non-hydrogen) atoms. The van der Waals surface area contributed by atoms with Crippen molar-refractivity contribution in [2.24, 2.45) is 0 Å². The summed E-state index contributed by atoms with van der Waals surface area (Å²) in [6.45, 7) is 3.83. The van der Waals surface area contributed by atoms with Crippen molar-refractivity contribution in [1.29, 1.82) is 0 Å². The van der Waals surface area contributed by atoms with Crippen molar-refractivity contribution in [3.8, 4) is 11.5 Å². The minimum atomic E-state index is -0.922. The van der Waals surface area contributed by atoms with E-state index < -0.39 is 17.7 Å². The number of methoxy groups -OCH3 is 1. The van der Waals surface area contributed by atoms with Crippen LogP contribution in [0.5, 0.6) is 11.5 Å². The first kappa shape index (κ1) is 22.1. The maximum atomic E-state index is 13.2. The third-order valence-electron chi connectivity index (χ3n) is 5.26. The number of aliphatic hydroxyl groups excluding tert-OH is 1. The van der Waals surface area contributed by atoms with Crippen molar-refractivity contribution in [3.63, 3.8) is 0 Å². The predicted octanol–water partition coefficient (Wildman–Crippen LogP) is 4.50. The minimum Gasteiger partial charge on any atom is -0.507 e. The molecule has 1 N–H and O–H groups in total. The van der Waals surface area contributed by atoms with Crippen molar-refractivity contribution >= 4 is 23.1 Å². The van der Waals surface area contributed by atoms with Crippen LogP contribution in [0.3, 0.4) is 0 Å². The number of para-hydroxylation sites is 2. The van der Waals surface area contributed by atoms with Crippen LogP contribution in [0.4, 0.5) is 5.69 Å². The molecule has 3 aromatic rings. The molecule has 7 heteroatoms. The van der Waals surface area contributed by atoms with Gasteiger partial charge >= 0.3 is 0 Å². The number of nitrogens with zero attached hydrogens (tertiary/aromatic N) is 2. The highest BCUT2D eigenvalue weighted by Gasteiger charge is 2.48. The second kappa shape index (κ2) is 9.16. The summed E-state index contributed by atoms with van der Waals surface area (Å²) in [5.41, 5.74) is 1.22. The first-order chi connectivity index (χ1) is 15.9. The van der Waals surface area contributed by atoms with E-state index >= 15 is 0 Å².